The number of sulfonamides is 1. The first-order chi connectivity index (χ1) is 12.1. The average molecular weight is 403 g/mol. The van der Waals surface area contributed by atoms with E-state index in [0.29, 0.717) is 5.02 Å². The first-order valence-corrected chi connectivity index (χ1v) is 9.71. The van der Waals surface area contributed by atoms with Crippen LogP contribution in [0.5, 0.6) is 0 Å². The minimum absolute atomic E-state index is 0.125. The van der Waals surface area contributed by atoms with Gasteiger partial charge in [-0.3, -0.25) is 9.10 Å². The Kier molecular flexibility index (Phi) is 6.20. The van der Waals surface area contributed by atoms with Crippen molar-refractivity contribution >= 4 is 33.2 Å². The Labute approximate surface area is 155 Å². The molecule has 0 aliphatic carbocycles. The highest BCUT2D eigenvalue weighted by molar-refractivity contribution is 7.92. The van der Waals surface area contributed by atoms with Gasteiger partial charge < -0.3 is 4.90 Å². The summed E-state index contributed by atoms with van der Waals surface area (Å²) in [7, 11) is -2.36. The van der Waals surface area contributed by atoms with E-state index in [1.165, 1.54) is 11.9 Å². The van der Waals surface area contributed by atoms with Gasteiger partial charge in [-0.2, -0.15) is 0 Å². The molecule has 1 amide bonds. The molecule has 140 valence electrons. The number of halogens is 3. The molecular weight excluding hydrogens is 386 g/mol. The second kappa shape index (κ2) is 8.01. The predicted octanol–water partition coefficient (Wildman–Crippen LogP) is 3.04. The SMILES string of the molecule is CN(Cc1ccc(Cl)cc1)C(=O)CN(c1ccc(F)c(F)c1)S(C)(=O)=O. The number of anilines is 1. The van der Waals surface area contributed by atoms with Crippen LogP contribution >= 0.6 is 11.6 Å². The molecule has 2 aromatic carbocycles. The average Bonchev–Trinajstić information content (AvgIpc) is 2.56. The van der Waals surface area contributed by atoms with Crippen molar-refractivity contribution in [2.24, 2.45) is 0 Å². The molecule has 0 bridgehead atoms. The van der Waals surface area contributed by atoms with E-state index in [9.17, 15) is 22.0 Å². The highest BCUT2D eigenvalue weighted by Crippen LogP contribution is 2.21. The fourth-order valence-electron chi connectivity index (χ4n) is 2.24. The van der Waals surface area contributed by atoms with Crippen LogP contribution in [0.3, 0.4) is 0 Å². The monoisotopic (exact) mass is 402 g/mol. The molecule has 0 saturated heterocycles. The van der Waals surface area contributed by atoms with Crippen molar-refractivity contribution in [3.63, 3.8) is 0 Å². The summed E-state index contributed by atoms with van der Waals surface area (Å²) in [6, 6.07) is 9.50. The number of carbonyl (C=O) groups is 1. The zero-order valence-electron chi connectivity index (χ0n) is 14.1. The molecule has 0 saturated carbocycles. The maximum Gasteiger partial charge on any atom is 0.243 e. The molecule has 0 unspecified atom stereocenters. The van der Waals surface area contributed by atoms with E-state index >= 15 is 0 Å². The number of amides is 1. The van der Waals surface area contributed by atoms with Gasteiger partial charge in [-0.05, 0) is 29.8 Å². The van der Waals surface area contributed by atoms with Crippen molar-refractivity contribution in [2.75, 3.05) is 24.2 Å². The third-order valence-electron chi connectivity index (χ3n) is 3.63. The zero-order chi connectivity index (χ0) is 19.5. The van der Waals surface area contributed by atoms with Gasteiger partial charge in [-0.25, -0.2) is 17.2 Å². The Morgan fingerprint density at radius 2 is 1.69 bits per heavy atom. The van der Waals surface area contributed by atoms with Crippen molar-refractivity contribution in [3.8, 4) is 0 Å². The molecule has 0 radical (unpaired) electrons. The van der Waals surface area contributed by atoms with E-state index in [2.05, 4.69) is 0 Å². The van der Waals surface area contributed by atoms with Crippen molar-refractivity contribution in [2.45, 2.75) is 6.54 Å². The Bertz CT molecular complexity index is 905. The van der Waals surface area contributed by atoms with E-state index < -0.39 is 34.1 Å². The van der Waals surface area contributed by atoms with Crippen LogP contribution in [-0.2, 0) is 21.4 Å². The van der Waals surface area contributed by atoms with Gasteiger partial charge in [0.2, 0.25) is 15.9 Å². The number of hydrogen-bond donors (Lipinski definition) is 0. The molecule has 0 aliphatic rings. The summed E-state index contributed by atoms with van der Waals surface area (Å²) in [5.41, 5.74) is 0.684. The summed E-state index contributed by atoms with van der Waals surface area (Å²) in [4.78, 5) is 13.8. The second-order valence-electron chi connectivity index (χ2n) is 5.74. The maximum absolute atomic E-state index is 13.4. The molecule has 9 heteroatoms. The third kappa shape index (κ3) is 5.15. The van der Waals surface area contributed by atoms with Gasteiger partial charge in [-0.15, -0.1) is 0 Å². The minimum atomic E-state index is -3.88. The number of likely N-dealkylation sites (N-methyl/N-ethyl adjacent to an activating group) is 1. The number of rotatable bonds is 6. The Hall–Kier alpha value is -2.19. The van der Waals surface area contributed by atoms with Crippen molar-refractivity contribution in [3.05, 3.63) is 64.7 Å². The first kappa shape index (κ1) is 20.1. The molecule has 0 fully saturated rings. The topological polar surface area (TPSA) is 57.7 Å². The normalized spacial score (nSPS) is 11.3. The van der Waals surface area contributed by atoms with Gasteiger partial charge in [0.1, 0.15) is 6.54 Å². The van der Waals surface area contributed by atoms with Gasteiger partial charge in [0.05, 0.1) is 11.9 Å². The van der Waals surface area contributed by atoms with Crippen molar-refractivity contribution < 1.29 is 22.0 Å². The number of nitrogens with zero attached hydrogens (tertiary/aromatic N) is 2. The Morgan fingerprint density at radius 3 is 2.23 bits per heavy atom. The smallest absolute Gasteiger partial charge is 0.243 e. The summed E-state index contributed by atoms with van der Waals surface area (Å²) in [6.45, 7) is -0.292. The van der Waals surface area contributed by atoms with Crippen LogP contribution in [0.25, 0.3) is 0 Å². The lowest BCUT2D eigenvalue weighted by Crippen LogP contribution is -2.41. The third-order valence-corrected chi connectivity index (χ3v) is 5.02. The number of carbonyl (C=O) groups excluding carboxylic acids is 1. The number of benzene rings is 2. The molecule has 2 rings (SSSR count). The van der Waals surface area contributed by atoms with Crippen LogP contribution in [0, 0.1) is 11.6 Å². The van der Waals surface area contributed by atoms with Crippen LogP contribution in [0.15, 0.2) is 42.5 Å². The van der Waals surface area contributed by atoms with Gasteiger partial charge in [0.25, 0.3) is 0 Å². The maximum atomic E-state index is 13.4. The van der Waals surface area contributed by atoms with Gasteiger partial charge in [0.15, 0.2) is 11.6 Å². The molecule has 0 aliphatic heterocycles. The lowest BCUT2D eigenvalue weighted by molar-refractivity contribution is -0.128. The molecule has 0 atom stereocenters. The highest BCUT2D eigenvalue weighted by atomic mass is 35.5. The Balaban J connectivity index is 2.18. The van der Waals surface area contributed by atoms with Crippen LogP contribution in [-0.4, -0.2) is 39.1 Å². The molecule has 2 aromatic rings. The summed E-state index contributed by atoms with van der Waals surface area (Å²) in [6.07, 6.45) is 0.890. The fraction of sp³-hybridized carbons (Fsp3) is 0.235. The number of hydrogen-bond acceptors (Lipinski definition) is 3. The largest absolute Gasteiger partial charge is 0.340 e. The van der Waals surface area contributed by atoms with Crippen molar-refractivity contribution in [1.29, 1.82) is 0 Å². The Morgan fingerprint density at radius 1 is 1.08 bits per heavy atom. The van der Waals surface area contributed by atoms with Gasteiger partial charge >= 0.3 is 0 Å². The van der Waals surface area contributed by atoms with Crippen LogP contribution in [0.4, 0.5) is 14.5 Å². The van der Waals surface area contributed by atoms with E-state index in [-0.39, 0.29) is 12.2 Å². The zero-order valence-corrected chi connectivity index (χ0v) is 15.7. The molecule has 0 heterocycles. The van der Waals surface area contributed by atoms with E-state index in [1.54, 1.807) is 24.3 Å². The summed E-state index contributed by atoms with van der Waals surface area (Å²) < 4.78 is 51.3. The standard InChI is InChI=1S/C17H17ClF2N2O3S/c1-21(10-12-3-5-13(18)6-4-12)17(23)11-22(26(2,24)25)14-7-8-15(19)16(20)9-14/h3-9H,10-11H2,1-2H3. The molecule has 0 aromatic heterocycles. The van der Waals surface area contributed by atoms with Crippen LogP contribution in [0.1, 0.15) is 5.56 Å². The molecule has 0 spiro atoms. The van der Waals surface area contributed by atoms with Crippen molar-refractivity contribution in [1.82, 2.24) is 4.90 Å². The first-order valence-electron chi connectivity index (χ1n) is 7.49. The quantitative estimate of drug-likeness (QED) is 0.746. The molecular formula is C17H17ClF2N2O3S. The lowest BCUT2D eigenvalue weighted by Gasteiger charge is -2.25. The molecule has 26 heavy (non-hydrogen) atoms. The van der Waals surface area contributed by atoms with E-state index in [4.69, 9.17) is 11.6 Å². The molecule has 5 nitrogen and oxygen atoms in total. The summed E-state index contributed by atoms with van der Waals surface area (Å²) in [5, 5.41) is 0.560. The lowest BCUT2D eigenvalue weighted by atomic mass is 10.2. The fourth-order valence-corrected chi connectivity index (χ4v) is 3.20. The summed E-state index contributed by atoms with van der Waals surface area (Å²) >= 11 is 5.81. The highest BCUT2D eigenvalue weighted by Gasteiger charge is 2.23. The second-order valence-corrected chi connectivity index (χ2v) is 8.09. The van der Waals surface area contributed by atoms with Gasteiger partial charge in [0, 0.05) is 24.7 Å². The van der Waals surface area contributed by atoms with E-state index in [1.807, 2.05) is 0 Å². The van der Waals surface area contributed by atoms with Crippen LogP contribution in [0.2, 0.25) is 5.02 Å². The minimum Gasteiger partial charge on any atom is -0.340 e. The van der Waals surface area contributed by atoms with Crippen LogP contribution < -0.4 is 4.31 Å². The van der Waals surface area contributed by atoms with Gasteiger partial charge in [-0.1, -0.05) is 23.7 Å². The predicted molar refractivity (Wildman–Crippen MR) is 96.5 cm³/mol. The summed E-state index contributed by atoms with van der Waals surface area (Å²) in [5.74, 6) is -2.80. The molecule has 0 N–H and O–H groups in total. The van der Waals surface area contributed by atoms with E-state index in [0.717, 1.165) is 34.3 Å².